The molecule has 0 aromatic heterocycles. The predicted octanol–water partition coefficient (Wildman–Crippen LogP) is 1.98. The van der Waals surface area contributed by atoms with Crippen molar-refractivity contribution in [3.8, 4) is 0 Å². The van der Waals surface area contributed by atoms with Crippen molar-refractivity contribution in [2.75, 3.05) is 5.73 Å². The lowest BCUT2D eigenvalue weighted by atomic mass is 10.2. The number of carbonyl (C=O) groups is 1. The van der Waals surface area contributed by atoms with Gasteiger partial charge >= 0.3 is 0 Å². The molecule has 0 saturated heterocycles. The first-order valence-electron chi connectivity index (χ1n) is 3.26. The van der Waals surface area contributed by atoms with Crippen LogP contribution in [0.2, 0.25) is 0 Å². The van der Waals surface area contributed by atoms with Gasteiger partial charge in [0.25, 0.3) is 10.9 Å². The highest BCUT2D eigenvalue weighted by Crippen LogP contribution is 2.20. The van der Waals surface area contributed by atoms with Crippen molar-refractivity contribution in [2.45, 2.75) is 0 Å². The summed E-state index contributed by atoms with van der Waals surface area (Å²) >= 11 is 5.15. The van der Waals surface area contributed by atoms with Crippen molar-refractivity contribution in [1.29, 1.82) is 0 Å². The molecule has 0 bridgehead atoms. The number of nitro groups is 1. The second kappa shape index (κ2) is 4.78. The lowest BCUT2D eigenvalue weighted by molar-refractivity contribution is -0.384. The van der Waals surface area contributed by atoms with E-state index in [0.717, 1.165) is 6.07 Å². The number of non-ortho nitro benzene ring substituents is 1. The van der Waals surface area contributed by atoms with Gasteiger partial charge < -0.3 is 5.73 Å². The van der Waals surface area contributed by atoms with Gasteiger partial charge in [-0.1, -0.05) is 0 Å². The number of hydrogen-bond acceptors (Lipinski definition) is 4. The van der Waals surface area contributed by atoms with E-state index in [1.165, 1.54) is 12.1 Å². The predicted molar refractivity (Wildman–Crippen MR) is 54.9 cm³/mol. The SMILES string of the molecule is Cl.Nc1cc([N+](=O)[O-])ccc1C(=O)Cl. The van der Waals surface area contributed by atoms with Gasteiger partial charge in [-0.05, 0) is 17.7 Å². The van der Waals surface area contributed by atoms with Gasteiger partial charge in [-0.15, -0.1) is 12.4 Å². The highest BCUT2D eigenvalue weighted by atomic mass is 35.5. The van der Waals surface area contributed by atoms with Crippen LogP contribution in [0.4, 0.5) is 11.4 Å². The molecule has 0 heterocycles. The van der Waals surface area contributed by atoms with Crippen LogP contribution in [0.1, 0.15) is 10.4 Å². The van der Waals surface area contributed by atoms with Crippen molar-refractivity contribution < 1.29 is 9.72 Å². The van der Waals surface area contributed by atoms with Crippen molar-refractivity contribution in [2.24, 2.45) is 0 Å². The van der Waals surface area contributed by atoms with E-state index in [-0.39, 0.29) is 29.3 Å². The summed E-state index contributed by atoms with van der Waals surface area (Å²) in [6.07, 6.45) is 0. The number of nitrogen functional groups attached to an aromatic ring is 1. The molecule has 0 unspecified atom stereocenters. The van der Waals surface area contributed by atoms with Crippen molar-refractivity contribution in [3.05, 3.63) is 33.9 Å². The number of anilines is 1. The van der Waals surface area contributed by atoms with Crippen LogP contribution in [0.25, 0.3) is 0 Å². The van der Waals surface area contributed by atoms with Crippen LogP contribution < -0.4 is 5.73 Å². The van der Waals surface area contributed by atoms with Gasteiger partial charge in [0.05, 0.1) is 16.2 Å². The molecule has 7 heteroatoms. The van der Waals surface area contributed by atoms with E-state index >= 15 is 0 Å². The number of nitrogens with two attached hydrogens (primary N) is 1. The maximum atomic E-state index is 10.7. The van der Waals surface area contributed by atoms with Gasteiger partial charge in [0, 0.05) is 12.1 Å². The Morgan fingerprint density at radius 3 is 2.43 bits per heavy atom. The number of halogens is 2. The third-order valence-electron chi connectivity index (χ3n) is 1.46. The Bertz CT molecular complexity index is 381. The fourth-order valence-electron chi connectivity index (χ4n) is 0.843. The first-order valence-corrected chi connectivity index (χ1v) is 3.64. The van der Waals surface area contributed by atoms with E-state index in [9.17, 15) is 14.9 Å². The summed E-state index contributed by atoms with van der Waals surface area (Å²) < 4.78 is 0. The third kappa shape index (κ3) is 2.58. The maximum Gasteiger partial charge on any atom is 0.271 e. The van der Waals surface area contributed by atoms with Crippen LogP contribution in [-0.2, 0) is 0 Å². The minimum Gasteiger partial charge on any atom is -0.398 e. The second-order valence-corrected chi connectivity index (χ2v) is 2.65. The normalized spacial score (nSPS) is 8.93. The monoisotopic (exact) mass is 236 g/mol. The Morgan fingerprint density at radius 2 is 2.07 bits per heavy atom. The van der Waals surface area contributed by atoms with Crippen LogP contribution in [0.15, 0.2) is 18.2 Å². The summed E-state index contributed by atoms with van der Waals surface area (Å²) in [5.74, 6) is 0. The van der Waals surface area contributed by atoms with E-state index in [4.69, 9.17) is 17.3 Å². The molecule has 1 aromatic carbocycles. The number of nitro benzene ring substituents is 1. The van der Waals surface area contributed by atoms with Crippen molar-refractivity contribution in [3.63, 3.8) is 0 Å². The summed E-state index contributed by atoms with van der Waals surface area (Å²) in [6, 6.07) is 3.49. The van der Waals surface area contributed by atoms with E-state index < -0.39 is 10.2 Å². The molecule has 1 rings (SSSR count). The quantitative estimate of drug-likeness (QED) is 0.368. The van der Waals surface area contributed by atoms with E-state index in [1.807, 2.05) is 0 Å². The van der Waals surface area contributed by atoms with Crippen LogP contribution in [0.3, 0.4) is 0 Å². The fourth-order valence-corrected chi connectivity index (χ4v) is 1.01. The Morgan fingerprint density at radius 1 is 1.50 bits per heavy atom. The zero-order chi connectivity index (χ0) is 10.0. The average molecular weight is 237 g/mol. The minimum absolute atomic E-state index is 0. The molecule has 5 nitrogen and oxygen atoms in total. The lowest BCUT2D eigenvalue weighted by Crippen LogP contribution is -1.98. The molecular weight excluding hydrogens is 231 g/mol. The maximum absolute atomic E-state index is 10.7. The number of carbonyl (C=O) groups excluding carboxylic acids is 1. The molecule has 0 aliphatic heterocycles. The Balaban J connectivity index is 0.00000169. The summed E-state index contributed by atoms with van der Waals surface area (Å²) in [6.45, 7) is 0. The van der Waals surface area contributed by atoms with Crippen LogP contribution in [0, 0.1) is 10.1 Å². The smallest absolute Gasteiger partial charge is 0.271 e. The van der Waals surface area contributed by atoms with Gasteiger partial charge in [-0.25, -0.2) is 0 Å². The number of nitrogens with zero attached hydrogens (tertiary/aromatic N) is 1. The fraction of sp³-hybridized carbons (Fsp3) is 0. The molecule has 0 atom stereocenters. The average Bonchev–Trinajstić information content (AvgIpc) is 2.03. The summed E-state index contributed by atoms with van der Waals surface area (Å²) in [4.78, 5) is 20.3. The van der Waals surface area contributed by atoms with E-state index in [2.05, 4.69) is 0 Å². The third-order valence-corrected chi connectivity index (χ3v) is 1.66. The second-order valence-electron chi connectivity index (χ2n) is 2.30. The van der Waals surface area contributed by atoms with Gasteiger partial charge in [0.1, 0.15) is 0 Å². The first-order chi connectivity index (χ1) is 6.02. The topological polar surface area (TPSA) is 86.2 Å². The molecule has 0 saturated carbocycles. The zero-order valence-electron chi connectivity index (χ0n) is 6.77. The Kier molecular flexibility index (Phi) is 4.33. The van der Waals surface area contributed by atoms with E-state index in [1.54, 1.807) is 0 Å². The van der Waals surface area contributed by atoms with Gasteiger partial charge in [0.15, 0.2) is 0 Å². The minimum atomic E-state index is -0.729. The van der Waals surface area contributed by atoms with Crippen molar-refractivity contribution in [1.82, 2.24) is 0 Å². The molecule has 0 fully saturated rings. The highest BCUT2D eigenvalue weighted by molar-refractivity contribution is 6.68. The van der Waals surface area contributed by atoms with E-state index in [0.29, 0.717) is 0 Å². The first kappa shape index (κ1) is 12.7. The van der Waals surface area contributed by atoms with Crippen LogP contribution in [0.5, 0.6) is 0 Å². The number of hydrogen-bond donors (Lipinski definition) is 1. The summed E-state index contributed by atoms with van der Waals surface area (Å²) in [7, 11) is 0. The molecule has 1 aromatic rings. The highest BCUT2D eigenvalue weighted by Gasteiger charge is 2.11. The number of benzene rings is 1. The van der Waals surface area contributed by atoms with Crippen LogP contribution in [-0.4, -0.2) is 10.2 Å². The molecule has 76 valence electrons. The lowest BCUT2D eigenvalue weighted by Gasteiger charge is -1.98. The van der Waals surface area contributed by atoms with Gasteiger partial charge in [-0.2, -0.15) is 0 Å². The summed E-state index contributed by atoms with van der Waals surface area (Å²) in [5.41, 5.74) is 5.27. The molecule has 0 spiro atoms. The molecule has 0 aliphatic rings. The largest absolute Gasteiger partial charge is 0.398 e. The molecule has 0 aliphatic carbocycles. The van der Waals surface area contributed by atoms with Crippen molar-refractivity contribution >= 4 is 40.6 Å². The van der Waals surface area contributed by atoms with Gasteiger partial charge in [0.2, 0.25) is 0 Å². The standard InChI is InChI=1S/C7H5ClN2O3.ClH/c8-7(11)5-2-1-4(10(12)13)3-6(5)9;/h1-3H,9H2;1H. The molecule has 0 radical (unpaired) electrons. The molecular formula is C7H6Cl2N2O3. The van der Waals surface area contributed by atoms with Gasteiger partial charge in [-0.3, -0.25) is 14.9 Å². The molecule has 0 amide bonds. The zero-order valence-corrected chi connectivity index (χ0v) is 8.34. The summed E-state index contributed by atoms with van der Waals surface area (Å²) in [5, 5.41) is 9.54. The molecule has 14 heavy (non-hydrogen) atoms. The molecule has 2 N–H and O–H groups in total. The van der Waals surface area contributed by atoms with Crippen LogP contribution >= 0.6 is 24.0 Å². The number of rotatable bonds is 2. The Hall–Kier alpha value is -1.33. The Labute approximate surface area is 90.4 Å².